The van der Waals surface area contributed by atoms with Crippen molar-refractivity contribution in [3.8, 4) is 23.0 Å². The van der Waals surface area contributed by atoms with Gasteiger partial charge in [0, 0.05) is 43.0 Å². The molecule has 1 aliphatic rings. The molecule has 0 saturated carbocycles. The first-order valence-electron chi connectivity index (χ1n) is 13.4. The molecule has 1 unspecified atom stereocenters. The summed E-state index contributed by atoms with van der Waals surface area (Å²) in [7, 11) is 0. The first-order valence-corrected chi connectivity index (χ1v) is 13.4. The van der Waals surface area contributed by atoms with Crippen LogP contribution in [0, 0.1) is 11.7 Å². The molecule has 0 bridgehead atoms. The Labute approximate surface area is 238 Å². The van der Waals surface area contributed by atoms with E-state index in [0.29, 0.717) is 53.8 Å². The molecule has 9 nitrogen and oxygen atoms in total. The zero-order chi connectivity index (χ0) is 29.7. The quantitative estimate of drug-likeness (QED) is 0.288. The van der Waals surface area contributed by atoms with Gasteiger partial charge in [0.25, 0.3) is 0 Å². The molecule has 0 aliphatic carbocycles. The molecule has 41 heavy (non-hydrogen) atoms. The van der Waals surface area contributed by atoms with Crippen molar-refractivity contribution >= 4 is 23.6 Å². The Kier molecular flexibility index (Phi) is 8.80. The molecule has 4 rings (SSSR count). The Balaban J connectivity index is 1.53. The van der Waals surface area contributed by atoms with E-state index < -0.39 is 17.2 Å². The Hall–Kier alpha value is -4.60. The number of nitrogens with zero attached hydrogens (tertiary/aromatic N) is 1. The number of carbonyl (C=O) groups excluding carboxylic acids is 2. The highest BCUT2D eigenvalue weighted by Gasteiger charge is 2.31. The fourth-order valence-corrected chi connectivity index (χ4v) is 4.36. The number of carboxylic acid groups (broad SMARTS) is 1. The van der Waals surface area contributed by atoms with Crippen LogP contribution < -0.4 is 20.1 Å². The van der Waals surface area contributed by atoms with Gasteiger partial charge >= 0.3 is 12.0 Å². The summed E-state index contributed by atoms with van der Waals surface area (Å²) in [4.78, 5) is 38.7. The molecule has 216 valence electrons. The van der Waals surface area contributed by atoms with Crippen LogP contribution in [0.2, 0.25) is 0 Å². The summed E-state index contributed by atoms with van der Waals surface area (Å²) in [5.74, 6) is -0.165. The van der Waals surface area contributed by atoms with E-state index in [1.54, 1.807) is 61.2 Å². The van der Waals surface area contributed by atoms with Crippen LogP contribution in [0.3, 0.4) is 0 Å². The number of hydrogen-bond acceptors (Lipinski definition) is 5. The number of anilines is 1. The minimum absolute atomic E-state index is 0.0208. The van der Waals surface area contributed by atoms with Gasteiger partial charge in [-0.2, -0.15) is 0 Å². The number of hydrogen-bond donors (Lipinski definition) is 3. The minimum Gasteiger partial charge on any atom is -0.481 e. The number of likely N-dealkylation sites (tertiary alicyclic amines) is 1. The van der Waals surface area contributed by atoms with Gasteiger partial charge in [0.1, 0.15) is 28.8 Å². The minimum atomic E-state index is -1.07. The van der Waals surface area contributed by atoms with Gasteiger partial charge in [-0.1, -0.05) is 12.1 Å². The molecule has 3 aromatic carbocycles. The summed E-state index contributed by atoms with van der Waals surface area (Å²) in [5, 5.41) is 15.2. The maximum atomic E-state index is 13.4. The van der Waals surface area contributed by atoms with Gasteiger partial charge in [-0.15, -0.1) is 0 Å². The molecular weight excluding hydrogens is 529 g/mol. The van der Waals surface area contributed by atoms with Crippen molar-refractivity contribution in [2.75, 3.05) is 18.4 Å². The number of aliphatic carboxylic acids is 1. The molecule has 1 atom stereocenters. The maximum Gasteiger partial charge on any atom is 0.321 e. The second-order valence-electron chi connectivity index (χ2n) is 10.8. The molecule has 1 fully saturated rings. The van der Waals surface area contributed by atoms with Crippen molar-refractivity contribution in [1.82, 2.24) is 10.2 Å². The van der Waals surface area contributed by atoms with Gasteiger partial charge in [0.15, 0.2) is 0 Å². The predicted octanol–water partition coefficient (Wildman–Crippen LogP) is 6.15. The van der Waals surface area contributed by atoms with Crippen LogP contribution in [0.25, 0.3) is 0 Å². The Morgan fingerprint density at radius 2 is 1.49 bits per heavy atom. The fraction of sp³-hybridized carbons (Fsp3) is 0.323. The summed E-state index contributed by atoms with van der Waals surface area (Å²) in [5.41, 5.74) is -0.0591. The van der Waals surface area contributed by atoms with Crippen LogP contribution in [0.1, 0.15) is 39.7 Å². The molecular formula is C31H34FN3O6. The molecule has 1 saturated heterocycles. The molecule has 3 amide bonds. The van der Waals surface area contributed by atoms with Crippen LogP contribution in [-0.4, -0.2) is 47.0 Å². The smallest absolute Gasteiger partial charge is 0.321 e. The predicted molar refractivity (Wildman–Crippen MR) is 152 cm³/mol. The second-order valence-corrected chi connectivity index (χ2v) is 10.8. The normalized spacial score (nSPS) is 15.0. The third-order valence-corrected chi connectivity index (χ3v) is 6.80. The number of benzene rings is 3. The average Bonchev–Trinajstić information content (AvgIpc) is 3.41. The average molecular weight is 564 g/mol. The van der Waals surface area contributed by atoms with Crippen molar-refractivity contribution in [3.05, 3.63) is 78.1 Å². The number of urea groups is 1. The van der Waals surface area contributed by atoms with E-state index in [9.17, 15) is 23.9 Å². The molecule has 10 heteroatoms. The molecule has 0 spiro atoms. The van der Waals surface area contributed by atoms with Crippen molar-refractivity contribution < 1.29 is 33.4 Å². The number of amides is 3. The van der Waals surface area contributed by atoms with Gasteiger partial charge in [0.2, 0.25) is 5.91 Å². The summed E-state index contributed by atoms with van der Waals surface area (Å²) in [6.07, 6.45) is 0.572. The van der Waals surface area contributed by atoms with Gasteiger partial charge in [-0.05, 0) is 76.1 Å². The topological polar surface area (TPSA) is 117 Å². The van der Waals surface area contributed by atoms with Crippen LogP contribution in [-0.2, 0) is 15.0 Å². The van der Waals surface area contributed by atoms with Crippen LogP contribution in [0.4, 0.5) is 14.9 Å². The molecule has 0 radical (unpaired) electrons. The van der Waals surface area contributed by atoms with Crippen LogP contribution in [0.5, 0.6) is 23.0 Å². The largest absolute Gasteiger partial charge is 0.481 e. The Morgan fingerprint density at radius 1 is 0.927 bits per heavy atom. The summed E-state index contributed by atoms with van der Waals surface area (Å²) >= 11 is 0. The molecule has 1 aliphatic heterocycles. The zero-order valence-corrected chi connectivity index (χ0v) is 23.4. The molecule has 1 heterocycles. The van der Waals surface area contributed by atoms with E-state index in [1.165, 1.54) is 24.3 Å². The monoisotopic (exact) mass is 563 g/mol. The molecule has 3 N–H and O–H groups in total. The Bertz CT molecular complexity index is 1410. The maximum absolute atomic E-state index is 13.4. The van der Waals surface area contributed by atoms with Crippen molar-refractivity contribution in [2.24, 2.45) is 5.92 Å². The van der Waals surface area contributed by atoms with E-state index >= 15 is 0 Å². The lowest BCUT2D eigenvalue weighted by atomic mass is 9.85. The van der Waals surface area contributed by atoms with Crippen molar-refractivity contribution in [2.45, 2.75) is 45.6 Å². The summed E-state index contributed by atoms with van der Waals surface area (Å²) in [6.45, 7) is 7.77. The second kappa shape index (κ2) is 12.3. The summed E-state index contributed by atoms with van der Waals surface area (Å²) < 4.78 is 25.3. The lowest BCUT2D eigenvalue weighted by Gasteiger charge is -2.20. The molecule has 0 aromatic heterocycles. The highest BCUT2D eigenvalue weighted by atomic mass is 19.1. The van der Waals surface area contributed by atoms with Crippen LogP contribution in [0.15, 0.2) is 66.7 Å². The first-order chi connectivity index (χ1) is 19.4. The van der Waals surface area contributed by atoms with E-state index in [2.05, 4.69) is 10.6 Å². The third-order valence-electron chi connectivity index (χ3n) is 6.80. The number of ether oxygens (including phenoxy) is 2. The van der Waals surface area contributed by atoms with E-state index in [4.69, 9.17) is 9.47 Å². The number of halogens is 1. The molecule has 3 aromatic rings. The van der Waals surface area contributed by atoms with Gasteiger partial charge < -0.3 is 30.1 Å². The SMILES string of the molecule is CC(C)NC(=O)C1CCN(C(=O)Nc2cc(Oc3ccc(F)cc3)cc(Oc3ccc(C(C)(C)C(=O)O)cc3)c2)C1. The third kappa shape index (κ3) is 7.53. The van der Waals surface area contributed by atoms with Gasteiger partial charge in [0.05, 0.1) is 11.3 Å². The van der Waals surface area contributed by atoms with Gasteiger partial charge in [-0.25, -0.2) is 9.18 Å². The zero-order valence-electron chi connectivity index (χ0n) is 23.4. The van der Waals surface area contributed by atoms with E-state index in [0.717, 1.165) is 0 Å². The standard InChI is InChI=1S/C31H34FN3O6/c1-19(2)33-28(36)20-13-14-35(18-20)30(39)34-23-15-26(17-27(16-23)41-25-11-7-22(32)8-12-25)40-24-9-5-21(6-10-24)31(3,4)29(37)38/h5-12,15-17,19-20H,13-14,18H2,1-4H3,(H,33,36)(H,34,39)(H,37,38). The van der Waals surface area contributed by atoms with Crippen molar-refractivity contribution in [1.29, 1.82) is 0 Å². The van der Waals surface area contributed by atoms with E-state index in [1.807, 2.05) is 13.8 Å². The first kappa shape index (κ1) is 29.4. The number of rotatable bonds is 9. The summed E-state index contributed by atoms with van der Waals surface area (Å²) in [6, 6.07) is 16.7. The fourth-order valence-electron chi connectivity index (χ4n) is 4.36. The van der Waals surface area contributed by atoms with Crippen molar-refractivity contribution in [3.63, 3.8) is 0 Å². The number of nitrogens with one attached hydrogen (secondary N) is 2. The Morgan fingerprint density at radius 3 is 2.02 bits per heavy atom. The van der Waals surface area contributed by atoms with Crippen LogP contribution >= 0.6 is 0 Å². The highest BCUT2D eigenvalue weighted by Crippen LogP contribution is 2.34. The number of carboxylic acids is 1. The highest BCUT2D eigenvalue weighted by molar-refractivity contribution is 5.91. The lowest BCUT2D eigenvalue weighted by Crippen LogP contribution is -2.38. The van der Waals surface area contributed by atoms with Gasteiger partial charge in [-0.3, -0.25) is 9.59 Å². The van der Waals surface area contributed by atoms with E-state index in [-0.39, 0.29) is 23.9 Å². The number of carbonyl (C=O) groups is 3. The lowest BCUT2D eigenvalue weighted by molar-refractivity contribution is -0.142.